The molecular formula is C16H17FN2. The van der Waals surface area contributed by atoms with Crippen molar-refractivity contribution in [3.63, 3.8) is 0 Å². The van der Waals surface area contributed by atoms with Crippen molar-refractivity contribution in [2.45, 2.75) is 18.9 Å². The monoisotopic (exact) mass is 256 g/mol. The fourth-order valence-corrected chi connectivity index (χ4v) is 1.96. The van der Waals surface area contributed by atoms with Gasteiger partial charge in [-0.25, -0.2) is 4.98 Å². The second-order valence-electron chi connectivity index (χ2n) is 4.32. The number of hydrogen-bond donors (Lipinski definition) is 1. The molecule has 2 rings (SSSR count). The molecule has 0 spiro atoms. The Kier molecular flexibility index (Phi) is 4.67. The smallest absolute Gasteiger partial charge is 0.214 e. The Morgan fingerprint density at radius 3 is 2.63 bits per heavy atom. The van der Waals surface area contributed by atoms with Crippen molar-refractivity contribution in [3.05, 3.63) is 72.7 Å². The van der Waals surface area contributed by atoms with E-state index in [0.717, 1.165) is 18.4 Å². The molecule has 0 aliphatic carbocycles. The molecule has 1 aromatic carbocycles. The Hall–Kier alpha value is -2.16. The summed E-state index contributed by atoms with van der Waals surface area (Å²) in [5, 5.41) is 3.27. The Labute approximate surface area is 113 Å². The van der Waals surface area contributed by atoms with Crippen LogP contribution in [0.3, 0.4) is 0 Å². The predicted molar refractivity (Wildman–Crippen MR) is 76.4 cm³/mol. The summed E-state index contributed by atoms with van der Waals surface area (Å²) in [6, 6.07) is 15.0. The number of nitrogens with zero attached hydrogens (tertiary/aromatic N) is 1. The number of nitrogens with one attached hydrogen (secondary N) is 1. The Balaban J connectivity index is 2.16. The molecule has 2 nitrogen and oxygen atoms in total. The molecule has 0 amide bonds. The molecule has 1 atom stereocenters. The fraction of sp³-hybridized carbons (Fsp3) is 0.188. The van der Waals surface area contributed by atoms with Crippen molar-refractivity contribution in [2.75, 3.05) is 5.32 Å². The number of pyridine rings is 1. The summed E-state index contributed by atoms with van der Waals surface area (Å²) in [7, 11) is 0. The quantitative estimate of drug-likeness (QED) is 0.614. The molecule has 0 aliphatic heterocycles. The van der Waals surface area contributed by atoms with Crippen LogP contribution in [0.25, 0.3) is 0 Å². The third kappa shape index (κ3) is 3.91. The lowest BCUT2D eigenvalue weighted by Crippen LogP contribution is -2.11. The molecule has 1 N–H and O–H groups in total. The number of anilines is 1. The summed E-state index contributed by atoms with van der Waals surface area (Å²) < 4.78 is 13.1. The molecular weight excluding hydrogens is 239 g/mol. The summed E-state index contributed by atoms with van der Waals surface area (Å²) in [6.45, 7) is 3.74. The van der Waals surface area contributed by atoms with Gasteiger partial charge in [-0.15, -0.1) is 6.58 Å². The van der Waals surface area contributed by atoms with E-state index in [2.05, 4.69) is 29.0 Å². The molecule has 2 aromatic rings. The van der Waals surface area contributed by atoms with Gasteiger partial charge in [0.05, 0.1) is 6.04 Å². The van der Waals surface area contributed by atoms with Crippen LogP contribution in [0.2, 0.25) is 0 Å². The van der Waals surface area contributed by atoms with Gasteiger partial charge in [-0.05, 0) is 30.5 Å². The molecule has 0 aliphatic rings. The van der Waals surface area contributed by atoms with E-state index in [-0.39, 0.29) is 6.04 Å². The highest BCUT2D eigenvalue weighted by Crippen LogP contribution is 2.23. The summed E-state index contributed by atoms with van der Waals surface area (Å²) in [6.07, 6.45) is 3.67. The first kappa shape index (κ1) is 13.3. The van der Waals surface area contributed by atoms with Gasteiger partial charge < -0.3 is 5.32 Å². The summed E-state index contributed by atoms with van der Waals surface area (Å²) >= 11 is 0. The number of benzene rings is 1. The molecule has 3 heteroatoms. The number of rotatable bonds is 6. The van der Waals surface area contributed by atoms with Crippen LogP contribution in [-0.2, 0) is 0 Å². The normalized spacial score (nSPS) is 11.8. The van der Waals surface area contributed by atoms with Crippen molar-refractivity contribution < 1.29 is 4.39 Å². The average Bonchev–Trinajstić information content (AvgIpc) is 2.44. The van der Waals surface area contributed by atoms with Crippen molar-refractivity contribution >= 4 is 5.82 Å². The van der Waals surface area contributed by atoms with E-state index < -0.39 is 5.95 Å². The maximum absolute atomic E-state index is 13.1. The average molecular weight is 256 g/mol. The van der Waals surface area contributed by atoms with Crippen molar-refractivity contribution in [1.82, 2.24) is 4.98 Å². The number of allylic oxidation sites excluding steroid dienone is 1. The first-order chi connectivity index (χ1) is 9.29. The summed E-state index contributed by atoms with van der Waals surface area (Å²) in [5.41, 5.74) is 1.16. The molecule has 0 bridgehead atoms. The van der Waals surface area contributed by atoms with Crippen LogP contribution in [0.1, 0.15) is 24.4 Å². The van der Waals surface area contributed by atoms with Crippen LogP contribution in [0.5, 0.6) is 0 Å². The van der Waals surface area contributed by atoms with Gasteiger partial charge in [0.15, 0.2) is 0 Å². The summed E-state index contributed by atoms with van der Waals surface area (Å²) in [5.74, 6) is 0.0819. The van der Waals surface area contributed by atoms with Gasteiger partial charge >= 0.3 is 0 Å². The Bertz CT molecular complexity index is 525. The van der Waals surface area contributed by atoms with Gasteiger partial charge in [-0.1, -0.05) is 42.5 Å². The van der Waals surface area contributed by atoms with E-state index in [0.29, 0.717) is 5.82 Å². The van der Waals surface area contributed by atoms with Crippen LogP contribution in [0.15, 0.2) is 61.2 Å². The van der Waals surface area contributed by atoms with E-state index in [1.807, 2.05) is 24.3 Å². The van der Waals surface area contributed by atoms with Crippen LogP contribution in [-0.4, -0.2) is 4.98 Å². The fourth-order valence-electron chi connectivity index (χ4n) is 1.96. The van der Waals surface area contributed by atoms with E-state index in [1.165, 1.54) is 6.07 Å². The molecule has 1 aromatic heterocycles. The first-order valence-electron chi connectivity index (χ1n) is 6.34. The SMILES string of the molecule is C=CCCC(Nc1cccc(F)n1)c1ccccc1. The van der Waals surface area contributed by atoms with Crippen LogP contribution in [0.4, 0.5) is 10.2 Å². The molecule has 19 heavy (non-hydrogen) atoms. The third-order valence-corrected chi connectivity index (χ3v) is 2.90. The lowest BCUT2D eigenvalue weighted by molar-refractivity contribution is 0.582. The van der Waals surface area contributed by atoms with Gasteiger partial charge in [0.25, 0.3) is 0 Å². The van der Waals surface area contributed by atoms with Gasteiger partial charge in [0.2, 0.25) is 5.95 Å². The highest BCUT2D eigenvalue weighted by molar-refractivity contribution is 5.38. The highest BCUT2D eigenvalue weighted by atomic mass is 19.1. The topological polar surface area (TPSA) is 24.9 Å². The number of hydrogen-bond acceptors (Lipinski definition) is 2. The van der Waals surface area contributed by atoms with E-state index >= 15 is 0 Å². The molecule has 0 saturated heterocycles. The maximum Gasteiger partial charge on any atom is 0.214 e. The van der Waals surface area contributed by atoms with Crippen LogP contribution in [0, 0.1) is 5.95 Å². The molecule has 1 unspecified atom stereocenters. The zero-order chi connectivity index (χ0) is 13.5. The molecule has 0 radical (unpaired) electrons. The minimum Gasteiger partial charge on any atom is -0.363 e. The largest absolute Gasteiger partial charge is 0.363 e. The van der Waals surface area contributed by atoms with Gasteiger partial charge in [0, 0.05) is 0 Å². The Morgan fingerprint density at radius 2 is 1.95 bits per heavy atom. The standard InChI is InChI=1S/C16H17FN2/c1-2-3-10-14(13-8-5-4-6-9-13)18-16-12-7-11-15(17)19-16/h2,4-9,11-12,14H,1,3,10H2,(H,18,19). The maximum atomic E-state index is 13.1. The molecule has 98 valence electrons. The van der Waals surface area contributed by atoms with Crippen molar-refractivity contribution in [1.29, 1.82) is 0 Å². The second-order valence-corrected chi connectivity index (χ2v) is 4.32. The zero-order valence-corrected chi connectivity index (χ0v) is 10.7. The number of halogens is 1. The van der Waals surface area contributed by atoms with E-state index in [9.17, 15) is 4.39 Å². The minimum absolute atomic E-state index is 0.105. The van der Waals surface area contributed by atoms with E-state index in [4.69, 9.17) is 0 Å². The zero-order valence-electron chi connectivity index (χ0n) is 10.7. The molecule has 1 heterocycles. The second kappa shape index (κ2) is 6.69. The first-order valence-corrected chi connectivity index (χ1v) is 6.34. The lowest BCUT2D eigenvalue weighted by atomic mass is 10.0. The highest BCUT2D eigenvalue weighted by Gasteiger charge is 2.11. The van der Waals surface area contributed by atoms with E-state index in [1.54, 1.807) is 12.1 Å². The lowest BCUT2D eigenvalue weighted by Gasteiger charge is -2.19. The van der Waals surface area contributed by atoms with Crippen molar-refractivity contribution in [2.24, 2.45) is 0 Å². The molecule has 0 saturated carbocycles. The molecule has 0 fully saturated rings. The third-order valence-electron chi connectivity index (χ3n) is 2.90. The minimum atomic E-state index is -0.472. The Morgan fingerprint density at radius 1 is 1.16 bits per heavy atom. The van der Waals surface area contributed by atoms with Gasteiger partial charge in [-0.3, -0.25) is 0 Å². The van der Waals surface area contributed by atoms with Crippen LogP contribution >= 0.6 is 0 Å². The van der Waals surface area contributed by atoms with Crippen LogP contribution < -0.4 is 5.32 Å². The van der Waals surface area contributed by atoms with Gasteiger partial charge in [-0.2, -0.15) is 4.39 Å². The van der Waals surface area contributed by atoms with Gasteiger partial charge in [0.1, 0.15) is 5.82 Å². The summed E-state index contributed by atoms with van der Waals surface area (Å²) in [4.78, 5) is 3.84. The van der Waals surface area contributed by atoms with Crippen molar-refractivity contribution in [3.8, 4) is 0 Å². The predicted octanol–water partition coefficient (Wildman–Crippen LogP) is 4.34. The number of aromatic nitrogens is 1.